The number of carbonyl (C=O) groups is 1. The van der Waals surface area contributed by atoms with Gasteiger partial charge in [0, 0.05) is 11.5 Å². The molecule has 0 saturated carbocycles. The van der Waals surface area contributed by atoms with Gasteiger partial charge in [0.25, 0.3) is 5.82 Å². The van der Waals surface area contributed by atoms with Gasteiger partial charge in [-0.15, -0.1) is 0 Å². The molecule has 3 rings (SSSR count). The molecular weight excluding hydrogens is 304 g/mol. The molecule has 5 heteroatoms. The molecule has 2 N–H and O–H groups in total. The van der Waals surface area contributed by atoms with Crippen LogP contribution < -0.4 is 15.0 Å². The molecular formula is C19H19N2O3+. The molecule has 0 aliphatic heterocycles. The van der Waals surface area contributed by atoms with Crippen molar-refractivity contribution in [1.29, 1.82) is 0 Å². The number of carbonyl (C=O) groups excluding carboxylic acids is 1. The van der Waals surface area contributed by atoms with Crippen LogP contribution in [0.4, 0.5) is 5.82 Å². The molecule has 122 valence electrons. The number of rotatable bonds is 5. The Bertz CT molecular complexity index is 877. The van der Waals surface area contributed by atoms with Crippen molar-refractivity contribution >= 4 is 22.7 Å². The fourth-order valence-electron chi connectivity index (χ4n) is 2.55. The van der Waals surface area contributed by atoms with E-state index in [-0.39, 0.29) is 0 Å². The van der Waals surface area contributed by atoms with Crippen molar-refractivity contribution < 1.29 is 19.3 Å². The van der Waals surface area contributed by atoms with E-state index in [1.165, 1.54) is 14.2 Å². The van der Waals surface area contributed by atoms with Crippen molar-refractivity contribution in [3.05, 3.63) is 65.7 Å². The van der Waals surface area contributed by atoms with Crippen LogP contribution in [0.25, 0.3) is 10.9 Å². The molecule has 2 aromatic carbocycles. The largest absolute Gasteiger partial charge is 0.496 e. The Morgan fingerprint density at radius 2 is 1.92 bits per heavy atom. The highest BCUT2D eigenvalue weighted by Crippen LogP contribution is 2.21. The summed E-state index contributed by atoms with van der Waals surface area (Å²) in [5, 5.41) is 4.48. The van der Waals surface area contributed by atoms with Crippen LogP contribution in [-0.4, -0.2) is 20.2 Å². The monoisotopic (exact) mass is 323 g/mol. The summed E-state index contributed by atoms with van der Waals surface area (Å²) in [5.41, 5.74) is 2.44. The van der Waals surface area contributed by atoms with Crippen molar-refractivity contribution in [2.75, 3.05) is 19.5 Å². The number of fused-ring (bicyclic) bond motifs is 1. The molecule has 24 heavy (non-hydrogen) atoms. The number of benzene rings is 2. The lowest BCUT2D eigenvalue weighted by Gasteiger charge is -2.08. The maximum Gasteiger partial charge on any atom is 0.341 e. The summed E-state index contributed by atoms with van der Waals surface area (Å²) in [7, 11) is 2.89. The summed E-state index contributed by atoms with van der Waals surface area (Å²) in [6.07, 6.45) is 0. The van der Waals surface area contributed by atoms with Crippen LogP contribution in [-0.2, 0) is 11.3 Å². The number of methoxy groups -OCH3 is 2. The molecule has 1 heterocycles. The lowest BCUT2D eigenvalue weighted by Crippen LogP contribution is -2.14. The summed E-state index contributed by atoms with van der Waals surface area (Å²) < 4.78 is 10.0. The van der Waals surface area contributed by atoms with E-state index < -0.39 is 5.97 Å². The Kier molecular flexibility index (Phi) is 4.61. The van der Waals surface area contributed by atoms with Crippen molar-refractivity contribution in [1.82, 2.24) is 0 Å². The van der Waals surface area contributed by atoms with Crippen LogP contribution in [0.3, 0.4) is 0 Å². The molecule has 3 aromatic rings. The van der Waals surface area contributed by atoms with Gasteiger partial charge >= 0.3 is 5.97 Å². The van der Waals surface area contributed by atoms with Crippen LogP contribution in [0, 0.1) is 0 Å². The first-order chi connectivity index (χ1) is 11.7. The molecule has 0 bridgehead atoms. The molecule has 0 aliphatic carbocycles. The second kappa shape index (κ2) is 7.00. The molecule has 0 radical (unpaired) electrons. The maximum absolute atomic E-state index is 11.8. The second-order valence-corrected chi connectivity index (χ2v) is 5.34. The second-order valence-electron chi connectivity index (χ2n) is 5.34. The molecule has 0 atom stereocenters. The highest BCUT2D eigenvalue weighted by Gasteiger charge is 2.14. The van der Waals surface area contributed by atoms with E-state index in [0.29, 0.717) is 17.9 Å². The average molecular weight is 323 g/mol. The predicted molar refractivity (Wildman–Crippen MR) is 92.2 cm³/mol. The van der Waals surface area contributed by atoms with Crippen LogP contribution in [0.2, 0.25) is 0 Å². The van der Waals surface area contributed by atoms with Crippen molar-refractivity contribution in [2.24, 2.45) is 0 Å². The molecule has 0 unspecified atom stereocenters. The molecule has 0 fully saturated rings. The van der Waals surface area contributed by atoms with Gasteiger partial charge in [-0.25, -0.2) is 9.78 Å². The van der Waals surface area contributed by atoms with E-state index in [1.54, 1.807) is 12.1 Å². The normalized spacial score (nSPS) is 10.4. The van der Waals surface area contributed by atoms with E-state index >= 15 is 0 Å². The third-order valence-electron chi connectivity index (χ3n) is 3.81. The smallest absolute Gasteiger partial charge is 0.341 e. The average Bonchev–Trinajstić information content (AvgIpc) is 2.65. The number of anilines is 1. The number of pyridine rings is 1. The first-order valence-electron chi connectivity index (χ1n) is 7.61. The van der Waals surface area contributed by atoms with Gasteiger partial charge in [-0.05, 0) is 29.8 Å². The van der Waals surface area contributed by atoms with Gasteiger partial charge < -0.3 is 9.47 Å². The minimum absolute atomic E-state index is 0.411. The Labute approximate surface area is 140 Å². The third-order valence-corrected chi connectivity index (χ3v) is 3.81. The lowest BCUT2D eigenvalue weighted by atomic mass is 10.1. The van der Waals surface area contributed by atoms with E-state index in [1.807, 2.05) is 30.3 Å². The number of nitrogens with one attached hydrogen (secondary N) is 2. The van der Waals surface area contributed by atoms with Crippen molar-refractivity contribution in [3.63, 3.8) is 0 Å². The summed E-state index contributed by atoms with van der Waals surface area (Å²) >= 11 is 0. The first-order valence-corrected chi connectivity index (χ1v) is 7.61. The molecule has 0 saturated heterocycles. The fraction of sp³-hybridized carbons (Fsp3) is 0.158. The van der Waals surface area contributed by atoms with Crippen LogP contribution in [0.5, 0.6) is 5.75 Å². The van der Waals surface area contributed by atoms with E-state index in [9.17, 15) is 4.79 Å². The Hall–Kier alpha value is -3.08. The minimum atomic E-state index is -0.411. The number of hydrogen-bond donors (Lipinski definition) is 1. The zero-order valence-corrected chi connectivity index (χ0v) is 13.6. The van der Waals surface area contributed by atoms with Gasteiger partial charge in [0.1, 0.15) is 23.4 Å². The highest BCUT2D eigenvalue weighted by molar-refractivity contribution is 5.92. The fourth-order valence-corrected chi connectivity index (χ4v) is 2.55. The Morgan fingerprint density at radius 1 is 1.08 bits per heavy atom. The summed E-state index contributed by atoms with van der Waals surface area (Å²) in [5.74, 6) is 0.998. The summed E-state index contributed by atoms with van der Waals surface area (Å²) in [6.45, 7) is 0.572. The molecule has 1 aromatic heterocycles. The number of aromatic nitrogens is 1. The summed E-state index contributed by atoms with van der Waals surface area (Å²) in [6, 6.07) is 17.6. The Morgan fingerprint density at radius 3 is 2.71 bits per heavy atom. The quantitative estimate of drug-likeness (QED) is 0.733. The van der Waals surface area contributed by atoms with Crippen molar-refractivity contribution in [2.45, 2.75) is 6.54 Å². The maximum atomic E-state index is 11.8. The molecule has 0 amide bonds. The number of esters is 1. The third kappa shape index (κ3) is 3.30. The minimum Gasteiger partial charge on any atom is -0.496 e. The van der Waals surface area contributed by atoms with Gasteiger partial charge in [0.15, 0.2) is 0 Å². The molecule has 0 aliphatic rings. The van der Waals surface area contributed by atoms with Crippen LogP contribution >= 0.6 is 0 Å². The lowest BCUT2D eigenvalue weighted by molar-refractivity contribution is -0.327. The number of para-hydroxylation sites is 1. The number of H-pyrrole nitrogens is 1. The van der Waals surface area contributed by atoms with Gasteiger partial charge in [-0.2, -0.15) is 0 Å². The number of hydrogen-bond acceptors (Lipinski definition) is 4. The molecule has 0 spiro atoms. The van der Waals surface area contributed by atoms with Crippen molar-refractivity contribution in [3.8, 4) is 5.75 Å². The van der Waals surface area contributed by atoms with Gasteiger partial charge in [0.05, 0.1) is 14.2 Å². The first kappa shape index (κ1) is 15.8. The van der Waals surface area contributed by atoms with Gasteiger partial charge in [-0.1, -0.05) is 24.3 Å². The zero-order valence-electron chi connectivity index (χ0n) is 13.6. The Balaban J connectivity index is 1.79. The van der Waals surface area contributed by atoms with Gasteiger partial charge in [-0.3, -0.25) is 5.32 Å². The predicted octanol–water partition coefficient (Wildman–Crippen LogP) is 3.06. The van der Waals surface area contributed by atoms with E-state index in [2.05, 4.69) is 22.4 Å². The standard InChI is InChI=1S/C19H18N2O3/c1-23-17-9-7-13(11-15(17)19(22)24-2)12-20-18-10-8-14-5-3-4-6-16(14)21-18/h3-11H,12H2,1-2H3,(H,20,21)/p+1. The van der Waals surface area contributed by atoms with E-state index in [0.717, 1.165) is 22.3 Å². The topological polar surface area (TPSA) is 61.7 Å². The SMILES string of the molecule is COC(=O)c1cc(CNc2ccc3ccccc3[nH+]2)ccc1OC. The summed E-state index contributed by atoms with van der Waals surface area (Å²) in [4.78, 5) is 15.2. The van der Waals surface area contributed by atoms with E-state index in [4.69, 9.17) is 9.47 Å². The highest BCUT2D eigenvalue weighted by atomic mass is 16.5. The zero-order chi connectivity index (χ0) is 16.9. The molecule has 5 nitrogen and oxygen atoms in total. The van der Waals surface area contributed by atoms with Gasteiger partial charge in [0.2, 0.25) is 0 Å². The van der Waals surface area contributed by atoms with Crippen LogP contribution in [0.15, 0.2) is 54.6 Å². The number of aromatic amines is 1. The van der Waals surface area contributed by atoms with Crippen LogP contribution in [0.1, 0.15) is 15.9 Å². The number of ether oxygens (including phenoxy) is 2.